The van der Waals surface area contributed by atoms with Crippen molar-refractivity contribution >= 4 is 5.97 Å². The molecule has 0 bridgehead atoms. The van der Waals surface area contributed by atoms with Crippen LogP contribution in [0.5, 0.6) is 0 Å². The molecule has 0 spiro atoms. The molecule has 0 aliphatic carbocycles. The highest BCUT2D eigenvalue weighted by atomic mass is 16.4. The predicted molar refractivity (Wildman–Crippen MR) is 44.3 cm³/mol. The molecule has 0 fully saturated rings. The van der Waals surface area contributed by atoms with Crippen molar-refractivity contribution in [2.45, 2.75) is 38.1 Å². The minimum atomic E-state index is -0.949. The third kappa shape index (κ3) is 5.69. The van der Waals surface area contributed by atoms with Gasteiger partial charge in [-0.3, -0.25) is 4.79 Å². The number of rotatable bonds is 6. The van der Waals surface area contributed by atoms with E-state index in [1.165, 1.54) is 0 Å². The van der Waals surface area contributed by atoms with Gasteiger partial charge in [-0.15, -0.1) is 0 Å². The number of hydrogen-bond acceptors (Lipinski definition) is 3. The maximum absolute atomic E-state index is 10.2. The standard InChI is InChI=1S/C8H14N2O2/c9-6-4-2-1-3-5-7(10)8(11)12/h7H,1-5,10H2,(H,11,12). The molecular formula is C8H14N2O2. The van der Waals surface area contributed by atoms with Gasteiger partial charge in [0.15, 0.2) is 0 Å². The lowest BCUT2D eigenvalue weighted by molar-refractivity contribution is -0.138. The number of carboxylic acids is 1. The molecule has 4 heteroatoms. The Labute approximate surface area is 72.0 Å². The number of nitriles is 1. The van der Waals surface area contributed by atoms with Crippen molar-refractivity contribution in [3.05, 3.63) is 0 Å². The highest BCUT2D eigenvalue weighted by molar-refractivity contribution is 5.72. The SMILES string of the molecule is N#CCCCCCC(N)C(=O)O. The third-order valence-corrected chi connectivity index (χ3v) is 1.62. The van der Waals surface area contributed by atoms with Crippen LogP contribution in [0.15, 0.2) is 0 Å². The number of hydrogen-bond donors (Lipinski definition) is 2. The molecule has 1 unspecified atom stereocenters. The van der Waals surface area contributed by atoms with Crippen LogP contribution in [-0.2, 0) is 4.79 Å². The van der Waals surface area contributed by atoms with E-state index in [4.69, 9.17) is 16.1 Å². The Bertz CT molecular complexity index is 174. The maximum Gasteiger partial charge on any atom is 0.320 e. The molecule has 3 N–H and O–H groups in total. The van der Waals surface area contributed by atoms with E-state index in [0.29, 0.717) is 12.8 Å². The second-order valence-corrected chi connectivity index (χ2v) is 2.70. The van der Waals surface area contributed by atoms with E-state index < -0.39 is 12.0 Å². The molecule has 68 valence electrons. The fourth-order valence-corrected chi connectivity index (χ4v) is 0.869. The van der Waals surface area contributed by atoms with Crippen molar-refractivity contribution in [2.24, 2.45) is 5.73 Å². The second kappa shape index (κ2) is 6.62. The van der Waals surface area contributed by atoms with Crippen molar-refractivity contribution in [2.75, 3.05) is 0 Å². The molecule has 0 amide bonds. The number of carbonyl (C=O) groups is 1. The van der Waals surface area contributed by atoms with E-state index in [1.807, 2.05) is 6.07 Å². The van der Waals surface area contributed by atoms with Crippen LogP contribution >= 0.6 is 0 Å². The summed E-state index contributed by atoms with van der Waals surface area (Å²) in [6.07, 6.45) is 3.55. The monoisotopic (exact) mass is 170 g/mol. The number of aliphatic carboxylic acids is 1. The largest absolute Gasteiger partial charge is 0.480 e. The van der Waals surface area contributed by atoms with E-state index in [1.54, 1.807) is 0 Å². The Morgan fingerprint density at radius 2 is 2.17 bits per heavy atom. The summed E-state index contributed by atoms with van der Waals surface area (Å²) in [5.41, 5.74) is 5.27. The van der Waals surface area contributed by atoms with Gasteiger partial charge in [0.05, 0.1) is 6.07 Å². The second-order valence-electron chi connectivity index (χ2n) is 2.70. The summed E-state index contributed by atoms with van der Waals surface area (Å²) in [5.74, 6) is -0.949. The Hall–Kier alpha value is -1.08. The first kappa shape index (κ1) is 10.9. The number of nitrogens with two attached hydrogens (primary N) is 1. The molecule has 0 rings (SSSR count). The van der Waals surface area contributed by atoms with Crippen LogP contribution in [0.25, 0.3) is 0 Å². The average molecular weight is 170 g/mol. The van der Waals surface area contributed by atoms with Gasteiger partial charge in [-0.1, -0.05) is 12.8 Å². The molecule has 0 aliphatic rings. The van der Waals surface area contributed by atoms with E-state index in [9.17, 15) is 4.79 Å². The van der Waals surface area contributed by atoms with Gasteiger partial charge in [-0.2, -0.15) is 5.26 Å². The molecular weight excluding hydrogens is 156 g/mol. The van der Waals surface area contributed by atoms with Gasteiger partial charge in [-0.05, 0) is 12.8 Å². The van der Waals surface area contributed by atoms with Gasteiger partial charge in [0, 0.05) is 6.42 Å². The van der Waals surface area contributed by atoms with Gasteiger partial charge in [-0.25, -0.2) is 0 Å². The molecule has 0 heterocycles. The lowest BCUT2D eigenvalue weighted by Gasteiger charge is -2.04. The minimum Gasteiger partial charge on any atom is -0.480 e. The first-order chi connectivity index (χ1) is 5.68. The Balaban J connectivity index is 3.21. The van der Waals surface area contributed by atoms with E-state index in [0.717, 1.165) is 19.3 Å². The van der Waals surface area contributed by atoms with Gasteiger partial charge in [0.25, 0.3) is 0 Å². The number of carboxylic acid groups (broad SMARTS) is 1. The molecule has 0 aromatic rings. The summed E-state index contributed by atoms with van der Waals surface area (Å²) in [6, 6.07) is 1.29. The molecule has 0 aliphatic heterocycles. The van der Waals surface area contributed by atoms with Crippen LogP contribution in [0, 0.1) is 11.3 Å². The Morgan fingerprint density at radius 1 is 1.50 bits per heavy atom. The first-order valence-electron chi connectivity index (χ1n) is 4.04. The maximum atomic E-state index is 10.2. The summed E-state index contributed by atoms with van der Waals surface area (Å²) in [7, 11) is 0. The number of unbranched alkanes of at least 4 members (excludes halogenated alkanes) is 3. The Kier molecular flexibility index (Phi) is 6.02. The lowest BCUT2D eigenvalue weighted by atomic mass is 10.1. The number of nitrogens with zero attached hydrogens (tertiary/aromatic N) is 1. The van der Waals surface area contributed by atoms with Crippen molar-refractivity contribution in [3.63, 3.8) is 0 Å². The van der Waals surface area contributed by atoms with Crippen molar-refractivity contribution in [1.29, 1.82) is 5.26 Å². The quantitative estimate of drug-likeness (QED) is 0.579. The topological polar surface area (TPSA) is 87.1 Å². The fourth-order valence-electron chi connectivity index (χ4n) is 0.869. The summed E-state index contributed by atoms with van der Waals surface area (Å²) >= 11 is 0. The van der Waals surface area contributed by atoms with Gasteiger partial charge < -0.3 is 10.8 Å². The molecule has 0 aromatic carbocycles. The van der Waals surface area contributed by atoms with Crippen LogP contribution < -0.4 is 5.73 Å². The van der Waals surface area contributed by atoms with Crippen LogP contribution in [0.1, 0.15) is 32.1 Å². The molecule has 12 heavy (non-hydrogen) atoms. The average Bonchev–Trinajstić information content (AvgIpc) is 2.03. The zero-order valence-electron chi connectivity index (χ0n) is 6.99. The van der Waals surface area contributed by atoms with Crippen LogP contribution in [0.3, 0.4) is 0 Å². The molecule has 1 atom stereocenters. The molecule has 0 radical (unpaired) electrons. The minimum absolute atomic E-state index is 0.501. The molecule has 0 aromatic heterocycles. The van der Waals surface area contributed by atoms with Crippen molar-refractivity contribution < 1.29 is 9.90 Å². The Morgan fingerprint density at radius 3 is 2.67 bits per heavy atom. The highest BCUT2D eigenvalue weighted by Gasteiger charge is 2.09. The highest BCUT2D eigenvalue weighted by Crippen LogP contribution is 2.04. The van der Waals surface area contributed by atoms with Crippen LogP contribution in [-0.4, -0.2) is 17.1 Å². The van der Waals surface area contributed by atoms with Crippen LogP contribution in [0.2, 0.25) is 0 Å². The molecule has 0 saturated carbocycles. The smallest absolute Gasteiger partial charge is 0.320 e. The van der Waals surface area contributed by atoms with Crippen LogP contribution in [0.4, 0.5) is 0 Å². The third-order valence-electron chi connectivity index (χ3n) is 1.62. The summed E-state index contributed by atoms with van der Waals surface area (Å²) in [5, 5.41) is 16.6. The van der Waals surface area contributed by atoms with Crippen molar-refractivity contribution in [1.82, 2.24) is 0 Å². The molecule has 0 saturated heterocycles. The predicted octanol–water partition coefficient (Wildman–Crippen LogP) is 0.872. The first-order valence-corrected chi connectivity index (χ1v) is 4.04. The zero-order valence-corrected chi connectivity index (χ0v) is 6.99. The summed E-state index contributed by atoms with van der Waals surface area (Å²) in [4.78, 5) is 10.2. The lowest BCUT2D eigenvalue weighted by Crippen LogP contribution is -2.29. The van der Waals surface area contributed by atoms with Gasteiger partial charge >= 0.3 is 5.97 Å². The van der Waals surface area contributed by atoms with E-state index in [2.05, 4.69) is 0 Å². The van der Waals surface area contributed by atoms with E-state index in [-0.39, 0.29) is 0 Å². The van der Waals surface area contributed by atoms with Crippen molar-refractivity contribution in [3.8, 4) is 6.07 Å². The van der Waals surface area contributed by atoms with E-state index >= 15 is 0 Å². The zero-order chi connectivity index (χ0) is 9.40. The summed E-state index contributed by atoms with van der Waals surface area (Å²) < 4.78 is 0. The molecule has 4 nitrogen and oxygen atoms in total. The normalized spacial score (nSPS) is 12.0. The van der Waals surface area contributed by atoms with Gasteiger partial charge in [0.1, 0.15) is 6.04 Å². The fraction of sp³-hybridized carbons (Fsp3) is 0.750. The summed E-state index contributed by atoms with van der Waals surface area (Å²) in [6.45, 7) is 0. The van der Waals surface area contributed by atoms with Gasteiger partial charge in [0.2, 0.25) is 0 Å².